The Kier molecular flexibility index (Phi) is 4.38. The van der Waals surface area contributed by atoms with Gasteiger partial charge in [-0.05, 0) is 24.8 Å². The maximum absolute atomic E-state index is 11.9. The number of carbonyl (C=O) groups is 1. The molecule has 3 nitrogen and oxygen atoms in total. The molecule has 1 aromatic carbocycles. The second kappa shape index (κ2) is 5.42. The van der Waals surface area contributed by atoms with Crippen molar-refractivity contribution in [2.75, 3.05) is 0 Å². The Bertz CT molecular complexity index is 391. The number of benzene rings is 1. The largest absolute Gasteiger partial charge is 0.334 e. The van der Waals surface area contributed by atoms with Crippen molar-refractivity contribution in [3.05, 3.63) is 35.9 Å². The zero-order chi connectivity index (χ0) is 13.8. The van der Waals surface area contributed by atoms with Gasteiger partial charge >= 0.3 is 6.03 Å². The quantitative estimate of drug-likeness (QED) is 0.846. The summed E-state index contributed by atoms with van der Waals surface area (Å²) in [6.45, 7) is 11.0. The van der Waals surface area contributed by atoms with E-state index in [1.54, 1.807) is 0 Å². The minimum Gasteiger partial charge on any atom is -0.334 e. The smallest absolute Gasteiger partial charge is 0.315 e. The van der Waals surface area contributed by atoms with E-state index in [-0.39, 0.29) is 17.0 Å². The predicted molar refractivity (Wildman–Crippen MR) is 75.3 cm³/mol. The van der Waals surface area contributed by atoms with Gasteiger partial charge in [-0.3, -0.25) is 0 Å². The van der Waals surface area contributed by atoms with Crippen LogP contribution >= 0.6 is 0 Å². The van der Waals surface area contributed by atoms with Gasteiger partial charge < -0.3 is 10.6 Å². The van der Waals surface area contributed by atoms with Gasteiger partial charge in [0.15, 0.2) is 0 Å². The fraction of sp³-hybridized carbons (Fsp3) is 0.533. The van der Waals surface area contributed by atoms with Gasteiger partial charge in [-0.2, -0.15) is 0 Å². The molecule has 0 aromatic heterocycles. The molecule has 3 heteroatoms. The number of hydrogen-bond donors (Lipinski definition) is 2. The number of amides is 2. The van der Waals surface area contributed by atoms with E-state index in [1.165, 1.54) is 0 Å². The van der Waals surface area contributed by atoms with Crippen molar-refractivity contribution in [3.8, 4) is 0 Å². The average molecular weight is 248 g/mol. The first-order valence-corrected chi connectivity index (χ1v) is 6.32. The lowest BCUT2D eigenvalue weighted by atomic mass is 9.76. The van der Waals surface area contributed by atoms with Gasteiger partial charge in [-0.1, -0.05) is 51.1 Å². The second-order valence-corrected chi connectivity index (χ2v) is 6.17. The van der Waals surface area contributed by atoms with Crippen LogP contribution in [-0.2, 0) is 6.54 Å². The second-order valence-electron chi connectivity index (χ2n) is 6.17. The van der Waals surface area contributed by atoms with E-state index in [2.05, 4.69) is 31.4 Å². The fourth-order valence-corrected chi connectivity index (χ4v) is 1.29. The molecule has 18 heavy (non-hydrogen) atoms. The fourth-order valence-electron chi connectivity index (χ4n) is 1.29. The first kappa shape index (κ1) is 14.6. The summed E-state index contributed by atoms with van der Waals surface area (Å²) in [5, 5.41) is 5.89. The number of nitrogens with one attached hydrogen (secondary N) is 2. The molecule has 0 spiro atoms. The molecule has 0 saturated carbocycles. The van der Waals surface area contributed by atoms with Crippen molar-refractivity contribution in [2.24, 2.45) is 5.41 Å². The van der Waals surface area contributed by atoms with Crippen LogP contribution in [0.4, 0.5) is 4.79 Å². The lowest BCUT2D eigenvalue weighted by molar-refractivity contribution is 0.171. The molecule has 0 bridgehead atoms. The van der Waals surface area contributed by atoms with E-state index < -0.39 is 0 Å². The van der Waals surface area contributed by atoms with Gasteiger partial charge in [-0.25, -0.2) is 4.79 Å². The summed E-state index contributed by atoms with van der Waals surface area (Å²) >= 11 is 0. The summed E-state index contributed by atoms with van der Waals surface area (Å²) in [6, 6.07) is 9.76. The third-order valence-corrected chi connectivity index (χ3v) is 3.60. The molecular formula is C15H24N2O. The Hall–Kier alpha value is -1.51. The van der Waals surface area contributed by atoms with Crippen molar-refractivity contribution in [1.82, 2.24) is 10.6 Å². The molecule has 1 rings (SSSR count). The number of hydrogen-bond acceptors (Lipinski definition) is 1. The molecule has 1 aromatic rings. The summed E-state index contributed by atoms with van der Waals surface area (Å²) in [5.41, 5.74) is 0.853. The monoisotopic (exact) mass is 248 g/mol. The van der Waals surface area contributed by atoms with Crippen LogP contribution in [0.3, 0.4) is 0 Å². The van der Waals surface area contributed by atoms with Crippen LogP contribution in [0.2, 0.25) is 0 Å². The van der Waals surface area contributed by atoms with Crippen molar-refractivity contribution >= 4 is 6.03 Å². The highest BCUT2D eigenvalue weighted by atomic mass is 16.2. The summed E-state index contributed by atoms with van der Waals surface area (Å²) in [4.78, 5) is 11.9. The van der Waals surface area contributed by atoms with Crippen molar-refractivity contribution in [3.63, 3.8) is 0 Å². The zero-order valence-electron chi connectivity index (χ0n) is 12.0. The maximum atomic E-state index is 11.9. The molecule has 0 heterocycles. The van der Waals surface area contributed by atoms with Crippen LogP contribution in [0, 0.1) is 5.41 Å². The normalized spacial score (nSPS) is 12.1. The highest BCUT2D eigenvalue weighted by Crippen LogP contribution is 2.29. The standard InChI is InChI=1S/C15H24N2O/c1-14(2,3)15(4,5)17-13(18)16-11-12-9-7-6-8-10-12/h6-10H,11H2,1-5H3,(H2,16,17,18). The Morgan fingerprint density at radius 2 is 1.61 bits per heavy atom. The third-order valence-electron chi connectivity index (χ3n) is 3.60. The lowest BCUT2D eigenvalue weighted by Crippen LogP contribution is -2.55. The van der Waals surface area contributed by atoms with Crippen LogP contribution < -0.4 is 10.6 Å². The highest BCUT2D eigenvalue weighted by Gasteiger charge is 2.33. The molecule has 0 radical (unpaired) electrons. The predicted octanol–water partition coefficient (Wildman–Crippen LogP) is 3.31. The van der Waals surface area contributed by atoms with Crippen LogP contribution in [-0.4, -0.2) is 11.6 Å². The molecule has 100 valence electrons. The van der Waals surface area contributed by atoms with Crippen LogP contribution in [0.15, 0.2) is 30.3 Å². The van der Waals surface area contributed by atoms with Gasteiger partial charge in [0, 0.05) is 12.1 Å². The van der Waals surface area contributed by atoms with E-state index in [1.807, 2.05) is 44.2 Å². The number of rotatable bonds is 3. The Morgan fingerprint density at radius 1 is 1.06 bits per heavy atom. The van der Waals surface area contributed by atoms with E-state index in [0.717, 1.165) is 5.56 Å². The Balaban J connectivity index is 2.48. The molecule has 0 unspecified atom stereocenters. The van der Waals surface area contributed by atoms with Crippen molar-refractivity contribution in [1.29, 1.82) is 0 Å². The minimum absolute atomic E-state index is 0.0110. The van der Waals surface area contributed by atoms with Crippen LogP contribution in [0.25, 0.3) is 0 Å². The van der Waals surface area contributed by atoms with Crippen LogP contribution in [0.5, 0.6) is 0 Å². The molecule has 0 fully saturated rings. The molecule has 0 saturated heterocycles. The van der Waals surface area contributed by atoms with Gasteiger partial charge in [0.05, 0.1) is 0 Å². The highest BCUT2D eigenvalue weighted by molar-refractivity contribution is 5.74. The van der Waals surface area contributed by atoms with Gasteiger partial charge in [0.1, 0.15) is 0 Å². The molecule has 0 aliphatic heterocycles. The topological polar surface area (TPSA) is 41.1 Å². The summed E-state index contributed by atoms with van der Waals surface area (Å²) in [5.74, 6) is 0. The van der Waals surface area contributed by atoms with Gasteiger partial charge in [0.2, 0.25) is 0 Å². The zero-order valence-corrected chi connectivity index (χ0v) is 12.0. The van der Waals surface area contributed by atoms with Crippen molar-refractivity contribution in [2.45, 2.75) is 46.7 Å². The van der Waals surface area contributed by atoms with Crippen LogP contribution in [0.1, 0.15) is 40.2 Å². The van der Waals surface area contributed by atoms with E-state index in [9.17, 15) is 4.79 Å². The number of urea groups is 1. The molecular weight excluding hydrogens is 224 g/mol. The van der Waals surface area contributed by atoms with E-state index in [0.29, 0.717) is 6.54 Å². The molecule has 2 N–H and O–H groups in total. The van der Waals surface area contributed by atoms with Crippen molar-refractivity contribution < 1.29 is 4.79 Å². The van der Waals surface area contributed by atoms with E-state index >= 15 is 0 Å². The molecule has 0 atom stereocenters. The lowest BCUT2D eigenvalue weighted by Gasteiger charge is -2.39. The molecule has 2 amide bonds. The Morgan fingerprint density at radius 3 is 2.11 bits per heavy atom. The van der Waals surface area contributed by atoms with Gasteiger partial charge in [-0.15, -0.1) is 0 Å². The van der Waals surface area contributed by atoms with Gasteiger partial charge in [0.25, 0.3) is 0 Å². The first-order chi connectivity index (χ1) is 8.22. The Labute approximate surface area is 110 Å². The maximum Gasteiger partial charge on any atom is 0.315 e. The number of carbonyl (C=O) groups excluding carboxylic acids is 1. The molecule has 0 aliphatic rings. The summed E-state index contributed by atoms with van der Waals surface area (Å²) in [7, 11) is 0. The van der Waals surface area contributed by atoms with E-state index in [4.69, 9.17) is 0 Å². The minimum atomic E-state index is -0.256. The first-order valence-electron chi connectivity index (χ1n) is 6.32. The molecule has 0 aliphatic carbocycles. The average Bonchev–Trinajstić information content (AvgIpc) is 2.26. The summed E-state index contributed by atoms with van der Waals surface area (Å²) < 4.78 is 0. The third kappa shape index (κ3) is 4.06. The summed E-state index contributed by atoms with van der Waals surface area (Å²) in [6.07, 6.45) is 0. The SMILES string of the molecule is CC(C)(C)C(C)(C)NC(=O)NCc1ccccc1.